The summed E-state index contributed by atoms with van der Waals surface area (Å²) in [6.45, 7) is 2.07. The first-order valence-electron chi connectivity index (χ1n) is 6.58. The number of aromatic nitrogens is 3. The molecule has 1 N–H and O–H groups in total. The number of aliphatic hydroxyl groups is 1. The molecular formula is C14H14N4O3. The molecular weight excluding hydrogens is 272 g/mol. The number of carbonyl (C=O) groups excluding carboxylic acids is 2. The maximum atomic E-state index is 12.2. The molecule has 2 aromatic rings. The summed E-state index contributed by atoms with van der Waals surface area (Å²) in [5.74, 6) is -0.587. The summed E-state index contributed by atoms with van der Waals surface area (Å²) in [5.41, 5.74) is 2.09. The normalized spacial score (nSPS) is 13.9. The number of amides is 2. The van der Waals surface area contributed by atoms with E-state index >= 15 is 0 Å². The molecule has 1 aliphatic rings. The summed E-state index contributed by atoms with van der Waals surface area (Å²) in [6.07, 6.45) is 0. The highest BCUT2D eigenvalue weighted by Gasteiger charge is 2.34. The van der Waals surface area contributed by atoms with E-state index < -0.39 is 0 Å². The number of carbonyl (C=O) groups is 2. The molecule has 1 aliphatic heterocycles. The average Bonchev–Trinajstić information content (AvgIpc) is 2.97. The zero-order valence-electron chi connectivity index (χ0n) is 11.5. The molecule has 1 aromatic heterocycles. The fourth-order valence-electron chi connectivity index (χ4n) is 2.43. The van der Waals surface area contributed by atoms with Gasteiger partial charge < -0.3 is 5.11 Å². The molecule has 108 valence electrons. The van der Waals surface area contributed by atoms with Crippen molar-refractivity contribution in [2.24, 2.45) is 0 Å². The zero-order chi connectivity index (χ0) is 15.0. The number of aryl methyl sites for hydroxylation is 1. The Hall–Kier alpha value is -2.54. The first kappa shape index (κ1) is 13.4. The molecule has 0 aliphatic carbocycles. The van der Waals surface area contributed by atoms with Crippen LogP contribution in [0.1, 0.15) is 32.1 Å². The minimum Gasteiger partial charge on any atom is -0.390 e. The summed E-state index contributed by atoms with van der Waals surface area (Å²) >= 11 is 0. The second-order valence-electron chi connectivity index (χ2n) is 4.81. The van der Waals surface area contributed by atoms with Crippen LogP contribution in [0.25, 0.3) is 0 Å². The molecule has 2 heterocycles. The van der Waals surface area contributed by atoms with Gasteiger partial charge in [-0.2, -0.15) is 0 Å². The van der Waals surface area contributed by atoms with Crippen LogP contribution in [0.3, 0.4) is 0 Å². The number of fused-ring (bicyclic) bond motifs is 1. The topological polar surface area (TPSA) is 88.3 Å². The number of hydrogen-bond donors (Lipinski definition) is 1. The van der Waals surface area contributed by atoms with Gasteiger partial charge in [-0.1, -0.05) is 17.3 Å². The summed E-state index contributed by atoms with van der Waals surface area (Å²) < 4.78 is 1.51. The highest BCUT2D eigenvalue weighted by molar-refractivity contribution is 6.21. The number of hydrogen-bond acceptors (Lipinski definition) is 5. The van der Waals surface area contributed by atoms with Gasteiger partial charge in [-0.3, -0.25) is 14.5 Å². The van der Waals surface area contributed by atoms with Crippen molar-refractivity contribution >= 4 is 11.8 Å². The van der Waals surface area contributed by atoms with E-state index in [0.717, 1.165) is 0 Å². The molecule has 0 unspecified atom stereocenters. The summed E-state index contributed by atoms with van der Waals surface area (Å²) in [7, 11) is 0. The van der Waals surface area contributed by atoms with Crippen LogP contribution in [0.15, 0.2) is 24.3 Å². The quantitative estimate of drug-likeness (QED) is 0.821. The van der Waals surface area contributed by atoms with E-state index in [1.165, 1.54) is 9.58 Å². The minimum atomic E-state index is -0.294. The smallest absolute Gasteiger partial charge is 0.261 e. The molecule has 2 amide bonds. The fourth-order valence-corrected chi connectivity index (χ4v) is 2.43. The number of benzene rings is 1. The maximum absolute atomic E-state index is 12.2. The van der Waals surface area contributed by atoms with Crippen LogP contribution < -0.4 is 0 Å². The molecule has 7 heteroatoms. The first-order chi connectivity index (χ1) is 10.1. The average molecular weight is 286 g/mol. The maximum Gasteiger partial charge on any atom is 0.261 e. The SMILES string of the molecule is Cc1nnn(CCN2C(=O)c3ccccc3C2=O)c1CO. The lowest BCUT2D eigenvalue weighted by Gasteiger charge is -2.14. The van der Waals surface area contributed by atoms with Gasteiger partial charge in [0, 0.05) is 6.54 Å². The van der Waals surface area contributed by atoms with Crippen molar-refractivity contribution < 1.29 is 14.7 Å². The van der Waals surface area contributed by atoms with Gasteiger partial charge in [0.1, 0.15) is 0 Å². The second kappa shape index (κ2) is 5.10. The number of nitrogens with zero attached hydrogens (tertiary/aromatic N) is 4. The predicted molar refractivity (Wildman–Crippen MR) is 72.5 cm³/mol. The molecule has 0 saturated heterocycles. The third-order valence-corrected chi connectivity index (χ3v) is 3.60. The van der Waals surface area contributed by atoms with E-state index in [-0.39, 0.29) is 25.0 Å². The lowest BCUT2D eigenvalue weighted by molar-refractivity contribution is 0.0646. The first-order valence-corrected chi connectivity index (χ1v) is 6.58. The summed E-state index contributed by atoms with van der Waals surface area (Å²) in [6, 6.07) is 6.76. The Labute approximate surface area is 120 Å². The molecule has 21 heavy (non-hydrogen) atoms. The molecule has 0 bridgehead atoms. The van der Waals surface area contributed by atoms with E-state index in [2.05, 4.69) is 10.3 Å². The molecule has 1 aromatic carbocycles. The van der Waals surface area contributed by atoms with Crippen molar-refractivity contribution in [1.82, 2.24) is 19.9 Å². The van der Waals surface area contributed by atoms with Gasteiger partial charge in [0.15, 0.2) is 0 Å². The van der Waals surface area contributed by atoms with Crippen molar-refractivity contribution in [2.75, 3.05) is 6.54 Å². The van der Waals surface area contributed by atoms with Crippen molar-refractivity contribution in [3.05, 3.63) is 46.8 Å². The van der Waals surface area contributed by atoms with E-state index in [4.69, 9.17) is 0 Å². The Balaban J connectivity index is 1.78. The Morgan fingerprint density at radius 1 is 1.10 bits per heavy atom. The lowest BCUT2D eigenvalue weighted by Crippen LogP contribution is -2.33. The molecule has 0 radical (unpaired) electrons. The standard InChI is InChI=1S/C14H14N4O3/c1-9-12(8-19)18(16-15-9)7-6-17-13(20)10-4-2-3-5-11(10)14(17)21/h2-5,19H,6-8H2,1H3. The van der Waals surface area contributed by atoms with Gasteiger partial charge in [-0.25, -0.2) is 4.68 Å². The van der Waals surface area contributed by atoms with Crippen LogP contribution in [0.5, 0.6) is 0 Å². The lowest BCUT2D eigenvalue weighted by atomic mass is 10.1. The van der Waals surface area contributed by atoms with Crippen LogP contribution in [0.2, 0.25) is 0 Å². The van der Waals surface area contributed by atoms with Crippen molar-refractivity contribution in [2.45, 2.75) is 20.1 Å². The van der Waals surface area contributed by atoms with Crippen molar-refractivity contribution in [3.63, 3.8) is 0 Å². The second-order valence-corrected chi connectivity index (χ2v) is 4.81. The van der Waals surface area contributed by atoms with Crippen LogP contribution in [-0.4, -0.2) is 43.4 Å². The molecule has 0 saturated carbocycles. The van der Waals surface area contributed by atoms with Crippen LogP contribution in [-0.2, 0) is 13.2 Å². The van der Waals surface area contributed by atoms with Gasteiger partial charge >= 0.3 is 0 Å². The van der Waals surface area contributed by atoms with Crippen LogP contribution in [0.4, 0.5) is 0 Å². The largest absolute Gasteiger partial charge is 0.390 e. The number of rotatable bonds is 4. The summed E-state index contributed by atoms with van der Waals surface area (Å²) in [5, 5.41) is 17.1. The van der Waals surface area contributed by atoms with Crippen molar-refractivity contribution in [3.8, 4) is 0 Å². The Kier molecular flexibility index (Phi) is 3.26. The third-order valence-electron chi connectivity index (χ3n) is 3.60. The van der Waals surface area contributed by atoms with Crippen molar-refractivity contribution in [1.29, 1.82) is 0 Å². The predicted octanol–water partition coefficient (Wildman–Crippen LogP) is 0.375. The highest BCUT2D eigenvalue weighted by Crippen LogP contribution is 2.22. The van der Waals surface area contributed by atoms with Gasteiger partial charge in [0.05, 0.1) is 35.7 Å². The molecule has 0 fully saturated rings. The molecule has 0 spiro atoms. The third kappa shape index (κ3) is 2.11. The molecule has 3 rings (SSSR count). The fraction of sp³-hybridized carbons (Fsp3) is 0.286. The van der Waals surface area contributed by atoms with Gasteiger partial charge in [0.25, 0.3) is 11.8 Å². The zero-order valence-corrected chi connectivity index (χ0v) is 11.5. The molecule has 7 nitrogen and oxygen atoms in total. The van der Waals surface area contributed by atoms with Crippen LogP contribution in [0, 0.1) is 6.92 Å². The van der Waals surface area contributed by atoms with Gasteiger partial charge in [-0.15, -0.1) is 5.10 Å². The Morgan fingerprint density at radius 3 is 2.29 bits per heavy atom. The molecule has 0 atom stereocenters. The number of aliphatic hydroxyl groups excluding tert-OH is 1. The minimum absolute atomic E-state index is 0.180. The highest BCUT2D eigenvalue weighted by atomic mass is 16.3. The van der Waals surface area contributed by atoms with E-state index in [0.29, 0.717) is 29.1 Å². The number of imide groups is 1. The van der Waals surface area contributed by atoms with Gasteiger partial charge in [-0.05, 0) is 19.1 Å². The summed E-state index contributed by atoms with van der Waals surface area (Å²) in [4.78, 5) is 25.6. The van der Waals surface area contributed by atoms with E-state index in [1.807, 2.05) is 0 Å². The van der Waals surface area contributed by atoms with E-state index in [1.54, 1.807) is 31.2 Å². The Morgan fingerprint density at radius 2 is 1.71 bits per heavy atom. The van der Waals surface area contributed by atoms with E-state index in [9.17, 15) is 14.7 Å². The van der Waals surface area contributed by atoms with Crippen LogP contribution >= 0.6 is 0 Å². The monoisotopic (exact) mass is 286 g/mol. The Bertz CT molecular complexity index is 688. The van der Waals surface area contributed by atoms with Gasteiger partial charge in [0.2, 0.25) is 0 Å².